The summed E-state index contributed by atoms with van der Waals surface area (Å²) in [6, 6.07) is 8.87. The van der Waals surface area contributed by atoms with Crippen molar-refractivity contribution in [2.75, 3.05) is 0 Å². The summed E-state index contributed by atoms with van der Waals surface area (Å²) < 4.78 is 0. The predicted octanol–water partition coefficient (Wildman–Crippen LogP) is 1.95. The highest BCUT2D eigenvalue weighted by molar-refractivity contribution is 5.97. The van der Waals surface area contributed by atoms with Crippen molar-refractivity contribution in [2.24, 2.45) is 5.41 Å². The smallest absolute Gasteiger partial charge is 0.246 e. The van der Waals surface area contributed by atoms with Crippen LogP contribution in [0.15, 0.2) is 30.3 Å². The Bertz CT molecular complexity index is 505. The van der Waals surface area contributed by atoms with Crippen LogP contribution in [0.1, 0.15) is 33.3 Å². The number of nitrogens with zero attached hydrogens (tertiary/aromatic N) is 1. The van der Waals surface area contributed by atoms with Crippen molar-refractivity contribution in [3.63, 3.8) is 0 Å². The third-order valence-electron chi connectivity index (χ3n) is 3.73. The van der Waals surface area contributed by atoms with Crippen LogP contribution in [0.4, 0.5) is 0 Å². The highest BCUT2D eigenvalue weighted by atomic mass is 16.2. The third-order valence-corrected chi connectivity index (χ3v) is 3.73. The first-order valence-corrected chi connectivity index (χ1v) is 6.95. The van der Waals surface area contributed by atoms with Gasteiger partial charge in [0.2, 0.25) is 11.8 Å². The standard InChI is InChI=1S/C16H22N2O2/c1-11-14(19)17-13(16(2,3)4)15(20)18(11)10-12-8-6-5-7-9-12/h5-9,11,13H,10H2,1-4H3,(H,17,19). The van der Waals surface area contributed by atoms with E-state index < -0.39 is 12.1 Å². The minimum absolute atomic E-state index is 0.00606. The van der Waals surface area contributed by atoms with Gasteiger partial charge in [-0.3, -0.25) is 9.59 Å². The molecule has 0 bridgehead atoms. The van der Waals surface area contributed by atoms with E-state index in [1.165, 1.54) is 0 Å². The van der Waals surface area contributed by atoms with Gasteiger partial charge in [-0.2, -0.15) is 0 Å². The molecule has 1 saturated heterocycles. The Morgan fingerprint density at radius 1 is 1.15 bits per heavy atom. The highest BCUT2D eigenvalue weighted by Crippen LogP contribution is 2.26. The first-order valence-electron chi connectivity index (χ1n) is 6.95. The van der Waals surface area contributed by atoms with Crippen molar-refractivity contribution in [1.82, 2.24) is 10.2 Å². The molecule has 0 radical (unpaired) electrons. The molecule has 2 amide bonds. The lowest BCUT2D eigenvalue weighted by Crippen LogP contribution is -2.65. The van der Waals surface area contributed by atoms with Gasteiger partial charge in [-0.05, 0) is 17.9 Å². The van der Waals surface area contributed by atoms with E-state index in [2.05, 4.69) is 5.32 Å². The number of benzene rings is 1. The van der Waals surface area contributed by atoms with Crippen molar-refractivity contribution in [2.45, 2.75) is 46.3 Å². The molecule has 2 rings (SSSR count). The van der Waals surface area contributed by atoms with Gasteiger partial charge in [0, 0.05) is 6.54 Å². The molecule has 4 nitrogen and oxygen atoms in total. The lowest BCUT2D eigenvalue weighted by Gasteiger charge is -2.42. The molecule has 1 aliphatic rings. The van der Waals surface area contributed by atoms with Crippen molar-refractivity contribution in [1.29, 1.82) is 0 Å². The van der Waals surface area contributed by atoms with Crippen molar-refractivity contribution in [3.05, 3.63) is 35.9 Å². The molecule has 1 N–H and O–H groups in total. The summed E-state index contributed by atoms with van der Waals surface area (Å²) in [5, 5.41) is 2.84. The van der Waals surface area contributed by atoms with E-state index >= 15 is 0 Å². The summed E-state index contributed by atoms with van der Waals surface area (Å²) in [4.78, 5) is 26.4. The van der Waals surface area contributed by atoms with Gasteiger partial charge in [0.25, 0.3) is 0 Å². The summed E-state index contributed by atoms with van der Waals surface area (Å²) in [6.07, 6.45) is 0. The Kier molecular flexibility index (Phi) is 3.84. The van der Waals surface area contributed by atoms with Crippen LogP contribution in [0.25, 0.3) is 0 Å². The molecule has 20 heavy (non-hydrogen) atoms. The minimum atomic E-state index is -0.463. The zero-order valence-corrected chi connectivity index (χ0v) is 12.5. The number of nitrogens with one attached hydrogen (secondary N) is 1. The average Bonchev–Trinajstić information content (AvgIpc) is 2.39. The van der Waals surface area contributed by atoms with E-state index in [1.807, 2.05) is 51.1 Å². The molecule has 1 aromatic rings. The van der Waals surface area contributed by atoms with Crippen LogP contribution in [0.3, 0.4) is 0 Å². The number of hydrogen-bond donors (Lipinski definition) is 1. The summed E-state index contributed by atoms with van der Waals surface area (Å²) >= 11 is 0. The SMILES string of the molecule is CC1C(=O)NC(C(C)(C)C)C(=O)N1Cc1ccccc1. The maximum Gasteiger partial charge on any atom is 0.246 e. The van der Waals surface area contributed by atoms with Gasteiger partial charge in [-0.1, -0.05) is 51.1 Å². The molecule has 1 fully saturated rings. The number of rotatable bonds is 2. The Balaban J connectivity index is 2.25. The van der Waals surface area contributed by atoms with Crippen LogP contribution in [0.5, 0.6) is 0 Å². The van der Waals surface area contributed by atoms with Crippen molar-refractivity contribution >= 4 is 11.8 Å². The maximum atomic E-state index is 12.6. The molecular formula is C16H22N2O2. The summed E-state index contributed by atoms with van der Waals surface area (Å²) in [7, 11) is 0. The zero-order chi connectivity index (χ0) is 14.9. The highest BCUT2D eigenvalue weighted by Gasteiger charge is 2.43. The van der Waals surface area contributed by atoms with Crippen LogP contribution in [-0.4, -0.2) is 28.8 Å². The molecule has 4 heteroatoms. The van der Waals surface area contributed by atoms with Crippen LogP contribution in [0.2, 0.25) is 0 Å². The molecule has 0 saturated carbocycles. The van der Waals surface area contributed by atoms with E-state index in [9.17, 15) is 9.59 Å². The second-order valence-corrected chi connectivity index (χ2v) is 6.44. The molecular weight excluding hydrogens is 252 g/mol. The molecule has 1 aromatic carbocycles. The first-order chi connectivity index (χ1) is 9.30. The fraction of sp³-hybridized carbons (Fsp3) is 0.500. The van der Waals surface area contributed by atoms with E-state index in [0.29, 0.717) is 6.54 Å². The number of carbonyl (C=O) groups excluding carboxylic acids is 2. The molecule has 2 unspecified atom stereocenters. The van der Waals surface area contributed by atoms with Gasteiger partial charge in [0.1, 0.15) is 12.1 Å². The molecule has 2 atom stereocenters. The van der Waals surface area contributed by atoms with Crippen molar-refractivity contribution in [3.8, 4) is 0 Å². The summed E-state index contributed by atoms with van der Waals surface area (Å²) in [5.74, 6) is -0.0890. The predicted molar refractivity (Wildman–Crippen MR) is 77.8 cm³/mol. The summed E-state index contributed by atoms with van der Waals surface area (Å²) in [6.45, 7) is 8.14. The van der Waals surface area contributed by atoms with Crippen LogP contribution in [0, 0.1) is 5.41 Å². The quantitative estimate of drug-likeness (QED) is 0.896. The fourth-order valence-electron chi connectivity index (χ4n) is 2.40. The van der Waals surface area contributed by atoms with Gasteiger partial charge < -0.3 is 10.2 Å². The third kappa shape index (κ3) is 2.84. The Hall–Kier alpha value is -1.84. The second kappa shape index (κ2) is 5.27. The number of piperazine rings is 1. The normalized spacial score (nSPS) is 23.7. The topological polar surface area (TPSA) is 49.4 Å². The van der Waals surface area contributed by atoms with Gasteiger partial charge in [0.05, 0.1) is 0 Å². The van der Waals surface area contributed by atoms with E-state index in [0.717, 1.165) is 5.56 Å². The van der Waals surface area contributed by atoms with Crippen LogP contribution in [-0.2, 0) is 16.1 Å². The molecule has 1 aliphatic heterocycles. The number of amides is 2. The van der Waals surface area contributed by atoms with Gasteiger partial charge in [0.15, 0.2) is 0 Å². The van der Waals surface area contributed by atoms with E-state index in [4.69, 9.17) is 0 Å². The van der Waals surface area contributed by atoms with E-state index in [1.54, 1.807) is 11.8 Å². The lowest BCUT2D eigenvalue weighted by molar-refractivity contribution is -0.152. The maximum absolute atomic E-state index is 12.6. The minimum Gasteiger partial charge on any atom is -0.342 e. The zero-order valence-electron chi connectivity index (χ0n) is 12.5. The molecule has 0 spiro atoms. The van der Waals surface area contributed by atoms with Crippen molar-refractivity contribution < 1.29 is 9.59 Å². The molecule has 1 heterocycles. The number of hydrogen-bond acceptors (Lipinski definition) is 2. The Labute approximate surface area is 120 Å². The second-order valence-electron chi connectivity index (χ2n) is 6.44. The first kappa shape index (κ1) is 14.6. The van der Waals surface area contributed by atoms with Gasteiger partial charge in [-0.15, -0.1) is 0 Å². The largest absolute Gasteiger partial charge is 0.342 e. The monoisotopic (exact) mass is 274 g/mol. The molecule has 0 aromatic heterocycles. The lowest BCUT2D eigenvalue weighted by atomic mass is 9.84. The molecule has 0 aliphatic carbocycles. The Morgan fingerprint density at radius 2 is 1.75 bits per heavy atom. The van der Waals surface area contributed by atoms with Gasteiger partial charge in [-0.25, -0.2) is 0 Å². The van der Waals surface area contributed by atoms with Gasteiger partial charge >= 0.3 is 0 Å². The molecule has 108 valence electrons. The average molecular weight is 274 g/mol. The van der Waals surface area contributed by atoms with E-state index in [-0.39, 0.29) is 17.2 Å². The van der Waals surface area contributed by atoms with Crippen LogP contribution >= 0.6 is 0 Å². The fourth-order valence-corrected chi connectivity index (χ4v) is 2.40. The number of carbonyl (C=O) groups is 2. The summed E-state index contributed by atoms with van der Waals surface area (Å²) in [5.41, 5.74) is 0.747. The van der Waals surface area contributed by atoms with Crippen LogP contribution < -0.4 is 5.32 Å². The Morgan fingerprint density at radius 3 is 2.30 bits per heavy atom.